The minimum Gasteiger partial charge on any atom is -0.253 e. The maximum Gasteiger partial charge on any atom is 0.139 e. The molecule has 1 aromatic heterocycles. The molecule has 3 aromatic carbocycles. The van der Waals surface area contributed by atoms with Gasteiger partial charge in [-0.25, -0.2) is 5.06 Å². The lowest BCUT2D eigenvalue weighted by molar-refractivity contribution is 0.113. The van der Waals surface area contributed by atoms with E-state index in [1.165, 1.54) is 0 Å². The fourth-order valence-corrected chi connectivity index (χ4v) is 3.83. The number of rotatable bonds is 2. The van der Waals surface area contributed by atoms with Crippen LogP contribution in [0.4, 0.5) is 5.69 Å². The Balaban J connectivity index is 1.80. The maximum absolute atomic E-state index is 13.8. The summed E-state index contributed by atoms with van der Waals surface area (Å²) in [4.78, 5) is 8.79. The van der Waals surface area contributed by atoms with Crippen molar-refractivity contribution in [2.24, 2.45) is 0 Å². The van der Waals surface area contributed by atoms with Gasteiger partial charge in [0.15, 0.2) is 0 Å². The van der Waals surface area contributed by atoms with E-state index in [4.69, 9.17) is 0 Å². The average Bonchev–Trinajstić information content (AvgIpc) is 2.75. The number of anilines is 1. The van der Waals surface area contributed by atoms with Crippen molar-refractivity contribution in [2.75, 3.05) is 5.06 Å². The zero-order valence-corrected chi connectivity index (χ0v) is 14.5. The number of hydroxylamine groups is 1. The van der Waals surface area contributed by atoms with Crippen LogP contribution in [0.15, 0.2) is 91.3 Å². The van der Waals surface area contributed by atoms with E-state index < -0.39 is 5.54 Å². The van der Waals surface area contributed by atoms with Crippen molar-refractivity contribution < 1.29 is 5.21 Å². The topological polar surface area (TPSA) is 48.9 Å². The monoisotopic (exact) mass is 350 g/mol. The van der Waals surface area contributed by atoms with Crippen molar-refractivity contribution >= 4 is 22.8 Å². The number of hydrogen-bond donors (Lipinski definition) is 0. The fraction of sp³-hybridized carbons (Fsp3) is 0.0435. The fourth-order valence-electron chi connectivity index (χ4n) is 3.83. The molecular weight excluding hydrogens is 334 g/mol. The van der Waals surface area contributed by atoms with Gasteiger partial charge in [0.05, 0.1) is 16.7 Å². The van der Waals surface area contributed by atoms with Crippen LogP contribution in [0.1, 0.15) is 16.7 Å². The highest BCUT2D eigenvalue weighted by Crippen LogP contribution is 2.45. The summed E-state index contributed by atoms with van der Waals surface area (Å²) in [5.41, 5.74) is 3.84. The van der Waals surface area contributed by atoms with E-state index in [2.05, 4.69) is 9.97 Å². The summed E-state index contributed by atoms with van der Waals surface area (Å²) in [6.45, 7) is 0. The number of hydrogen-bond acceptors (Lipinski definition) is 3. The van der Waals surface area contributed by atoms with Crippen LogP contribution in [-0.2, 0) is 10.7 Å². The molecule has 0 N–H and O–H groups in total. The molecule has 2 heterocycles. The van der Waals surface area contributed by atoms with Gasteiger partial charge in [0, 0.05) is 18.0 Å². The third kappa shape index (κ3) is 2.27. The normalized spacial score (nSPS) is 14.9. The average molecular weight is 350 g/mol. The molecule has 4 nitrogen and oxygen atoms in total. The molecule has 0 spiro atoms. The molecule has 0 bridgehead atoms. The van der Waals surface area contributed by atoms with Crippen molar-refractivity contribution in [1.82, 2.24) is 9.97 Å². The molecule has 1 aliphatic rings. The van der Waals surface area contributed by atoms with Gasteiger partial charge in [0.1, 0.15) is 5.54 Å². The van der Waals surface area contributed by atoms with Crippen LogP contribution in [0.5, 0.6) is 0 Å². The Hall–Kier alpha value is -3.50. The minimum absolute atomic E-state index is 0.596. The maximum atomic E-state index is 13.8. The van der Waals surface area contributed by atoms with Crippen LogP contribution in [0.3, 0.4) is 0 Å². The highest BCUT2D eigenvalue weighted by Gasteiger charge is 2.42. The minimum atomic E-state index is -0.925. The standard InChI is InChI=1S/C23H16N3O/c27-26-21-12-11-20-22(25-16-15-24-20)19(21)13-14-23(26,17-7-3-1-4-8-17)18-9-5-2-6-10-18/h1-16H. The molecule has 0 fully saturated rings. The molecule has 27 heavy (non-hydrogen) atoms. The molecule has 129 valence electrons. The molecule has 1 aliphatic heterocycles. The Morgan fingerprint density at radius 3 is 2.04 bits per heavy atom. The van der Waals surface area contributed by atoms with Crippen molar-refractivity contribution in [3.8, 4) is 0 Å². The molecular formula is C23H16N3O. The number of fused-ring (bicyclic) bond motifs is 3. The first-order valence-corrected chi connectivity index (χ1v) is 8.82. The van der Waals surface area contributed by atoms with Gasteiger partial charge in [0.25, 0.3) is 0 Å². The van der Waals surface area contributed by atoms with Crippen LogP contribution in [-0.4, -0.2) is 9.97 Å². The molecule has 0 unspecified atom stereocenters. The zero-order chi connectivity index (χ0) is 18.3. The molecule has 4 heteroatoms. The molecule has 0 aliphatic carbocycles. The van der Waals surface area contributed by atoms with Crippen molar-refractivity contribution in [1.29, 1.82) is 0 Å². The van der Waals surface area contributed by atoms with Crippen molar-refractivity contribution in [2.45, 2.75) is 5.54 Å². The van der Waals surface area contributed by atoms with Crippen molar-refractivity contribution in [3.63, 3.8) is 0 Å². The lowest BCUT2D eigenvalue weighted by Gasteiger charge is -2.41. The second-order valence-electron chi connectivity index (χ2n) is 6.55. The number of nitrogens with zero attached hydrogens (tertiary/aromatic N) is 3. The Kier molecular flexibility index (Phi) is 3.52. The summed E-state index contributed by atoms with van der Waals surface area (Å²) >= 11 is 0. The van der Waals surface area contributed by atoms with Gasteiger partial charge >= 0.3 is 0 Å². The van der Waals surface area contributed by atoms with Crippen molar-refractivity contribution in [3.05, 3.63) is 108 Å². The molecule has 1 radical (unpaired) electrons. The van der Waals surface area contributed by atoms with Crippen LogP contribution in [0, 0.1) is 0 Å². The summed E-state index contributed by atoms with van der Waals surface area (Å²) in [5, 5.41) is 14.9. The highest BCUT2D eigenvalue weighted by molar-refractivity contribution is 5.93. The summed E-state index contributed by atoms with van der Waals surface area (Å²) < 4.78 is 0. The summed E-state index contributed by atoms with van der Waals surface area (Å²) in [7, 11) is 0. The van der Waals surface area contributed by atoms with Gasteiger partial charge < -0.3 is 0 Å². The first-order chi connectivity index (χ1) is 13.3. The van der Waals surface area contributed by atoms with E-state index in [-0.39, 0.29) is 0 Å². The Morgan fingerprint density at radius 2 is 1.37 bits per heavy atom. The van der Waals surface area contributed by atoms with Crippen LogP contribution < -0.4 is 5.06 Å². The summed E-state index contributed by atoms with van der Waals surface area (Å²) in [6, 6.07) is 23.4. The van der Waals surface area contributed by atoms with E-state index in [0.717, 1.165) is 32.8 Å². The molecule has 0 amide bonds. The first kappa shape index (κ1) is 15.7. The zero-order valence-electron chi connectivity index (χ0n) is 14.5. The molecule has 0 saturated heterocycles. The van der Waals surface area contributed by atoms with Crippen LogP contribution in [0.25, 0.3) is 17.1 Å². The Bertz CT molecular complexity index is 1100. The smallest absolute Gasteiger partial charge is 0.139 e. The highest BCUT2D eigenvalue weighted by atomic mass is 16.5. The van der Waals surface area contributed by atoms with Gasteiger partial charge in [-0.05, 0) is 29.3 Å². The second kappa shape index (κ2) is 6.04. The predicted octanol–water partition coefficient (Wildman–Crippen LogP) is 4.75. The third-order valence-electron chi connectivity index (χ3n) is 5.11. The molecule has 5 rings (SSSR count). The van der Waals surface area contributed by atoms with Gasteiger partial charge in [-0.3, -0.25) is 9.97 Å². The van der Waals surface area contributed by atoms with E-state index in [9.17, 15) is 5.21 Å². The quantitative estimate of drug-likeness (QED) is 0.524. The first-order valence-electron chi connectivity index (χ1n) is 8.82. The van der Waals surface area contributed by atoms with Gasteiger partial charge in [0.2, 0.25) is 0 Å². The molecule has 0 atom stereocenters. The van der Waals surface area contributed by atoms with Gasteiger partial charge in [-0.15, -0.1) is 0 Å². The Labute approximate surface area is 157 Å². The Morgan fingerprint density at radius 1 is 0.741 bits per heavy atom. The van der Waals surface area contributed by atoms with Crippen LogP contribution >= 0.6 is 0 Å². The predicted molar refractivity (Wildman–Crippen MR) is 105 cm³/mol. The lowest BCUT2D eigenvalue weighted by Crippen LogP contribution is -2.44. The summed E-state index contributed by atoms with van der Waals surface area (Å²) in [5.74, 6) is 0. The largest absolute Gasteiger partial charge is 0.253 e. The third-order valence-corrected chi connectivity index (χ3v) is 5.11. The van der Waals surface area contributed by atoms with Crippen LogP contribution in [0.2, 0.25) is 0 Å². The molecule has 0 saturated carbocycles. The van der Waals surface area contributed by atoms with E-state index >= 15 is 0 Å². The second-order valence-corrected chi connectivity index (χ2v) is 6.55. The molecule has 4 aromatic rings. The number of benzene rings is 3. The van der Waals surface area contributed by atoms with Gasteiger partial charge in [-0.1, -0.05) is 71.9 Å². The SMILES string of the molecule is [O]N1c2ccc3nccnc3c2C=CC1(c1ccccc1)c1ccccc1. The van der Waals surface area contributed by atoms with E-state index in [0.29, 0.717) is 5.69 Å². The van der Waals surface area contributed by atoms with Gasteiger partial charge in [-0.2, -0.15) is 0 Å². The lowest BCUT2D eigenvalue weighted by atomic mass is 9.79. The number of aromatic nitrogens is 2. The summed E-state index contributed by atoms with van der Waals surface area (Å²) in [6.07, 6.45) is 7.29. The van der Waals surface area contributed by atoms with E-state index in [1.807, 2.05) is 84.9 Å². The van der Waals surface area contributed by atoms with E-state index in [1.54, 1.807) is 12.4 Å².